The molecule has 154 valence electrons. The zero-order valence-corrected chi connectivity index (χ0v) is 19.1. The van der Waals surface area contributed by atoms with Crippen LogP contribution in [0.1, 0.15) is 20.8 Å². The molecule has 10 heteroatoms. The Morgan fingerprint density at radius 3 is 2.04 bits per heavy atom. The number of halogens is 1. The summed E-state index contributed by atoms with van der Waals surface area (Å²) < 4.78 is 61.0. The van der Waals surface area contributed by atoms with Gasteiger partial charge < -0.3 is 4.74 Å². The topological polar surface area (TPSA) is 92.8 Å². The van der Waals surface area contributed by atoms with Crippen LogP contribution in [0.5, 0.6) is 5.75 Å². The largest absolute Gasteiger partial charge is 0.492 e. The Morgan fingerprint density at radius 2 is 1.50 bits per heavy atom. The summed E-state index contributed by atoms with van der Waals surface area (Å²) in [6.45, 7) is 6.17. The van der Waals surface area contributed by atoms with Crippen LogP contribution in [-0.2, 0) is 20.0 Å². The van der Waals surface area contributed by atoms with Crippen molar-refractivity contribution in [1.82, 2.24) is 4.31 Å². The molecule has 0 unspecified atom stereocenters. The smallest absolute Gasteiger partial charge is 0.262 e. The van der Waals surface area contributed by atoms with Crippen molar-refractivity contribution in [2.75, 3.05) is 24.4 Å². The zero-order chi connectivity index (χ0) is 20.9. The number of anilines is 1. The number of rotatable bonds is 9. The fourth-order valence-electron chi connectivity index (χ4n) is 2.56. The van der Waals surface area contributed by atoms with Gasteiger partial charge in [0.05, 0.1) is 22.1 Å². The third-order valence-corrected chi connectivity index (χ3v) is 7.92. The molecule has 0 spiro atoms. The molecule has 0 saturated carbocycles. The Labute approximate surface area is 174 Å². The van der Waals surface area contributed by atoms with E-state index >= 15 is 0 Å². The SMILES string of the molecule is CCOc1ccc(S(=O)(=O)N(CC)CC)cc1NS(=O)(=O)c1ccc(Br)cc1. The molecule has 0 bridgehead atoms. The Hall–Kier alpha value is -1.62. The van der Waals surface area contributed by atoms with E-state index in [1.54, 1.807) is 32.9 Å². The quantitative estimate of drug-likeness (QED) is 0.578. The molecule has 7 nitrogen and oxygen atoms in total. The fraction of sp³-hybridized carbons (Fsp3) is 0.333. The Morgan fingerprint density at radius 1 is 0.929 bits per heavy atom. The average Bonchev–Trinajstić information content (AvgIpc) is 2.64. The molecule has 0 radical (unpaired) electrons. The number of nitrogens with one attached hydrogen (secondary N) is 1. The third kappa shape index (κ3) is 5.05. The molecule has 0 amide bonds. The van der Waals surface area contributed by atoms with Crippen molar-refractivity contribution in [2.45, 2.75) is 30.6 Å². The highest BCUT2D eigenvalue weighted by Crippen LogP contribution is 2.31. The zero-order valence-electron chi connectivity index (χ0n) is 15.8. The lowest BCUT2D eigenvalue weighted by atomic mass is 10.3. The van der Waals surface area contributed by atoms with E-state index in [4.69, 9.17) is 4.74 Å². The minimum Gasteiger partial charge on any atom is -0.492 e. The molecule has 0 saturated heterocycles. The first kappa shape index (κ1) is 22.7. The van der Waals surface area contributed by atoms with Crippen molar-refractivity contribution < 1.29 is 21.6 Å². The minimum atomic E-state index is -3.92. The molecule has 0 aliphatic carbocycles. The van der Waals surface area contributed by atoms with E-state index in [0.29, 0.717) is 19.7 Å². The summed E-state index contributed by atoms with van der Waals surface area (Å²) in [6.07, 6.45) is 0. The van der Waals surface area contributed by atoms with E-state index in [9.17, 15) is 16.8 Å². The van der Waals surface area contributed by atoms with Crippen LogP contribution in [0.4, 0.5) is 5.69 Å². The minimum absolute atomic E-state index is 0.00633. The number of benzene rings is 2. The monoisotopic (exact) mass is 490 g/mol. The molecule has 1 N–H and O–H groups in total. The lowest BCUT2D eigenvalue weighted by Gasteiger charge is -2.20. The molecule has 0 aliphatic rings. The Bertz CT molecular complexity index is 1020. The molecule has 28 heavy (non-hydrogen) atoms. The van der Waals surface area contributed by atoms with Crippen LogP contribution in [0.25, 0.3) is 0 Å². The highest BCUT2D eigenvalue weighted by molar-refractivity contribution is 9.10. The number of hydrogen-bond acceptors (Lipinski definition) is 5. The second kappa shape index (κ2) is 9.25. The van der Waals surface area contributed by atoms with Crippen LogP contribution in [-0.4, -0.2) is 40.8 Å². The van der Waals surface area contributed by atoms with Crippen molar-refractivity contribution in [3.8, 4) is 5.75 Å². The molecular weight excluding hydrogens is 468 g/mol. The predicted molar refractivity (Wildman–Crippen MR) is 113 cm³/mol. The van der Waals surface area contributed by atoms with Gasteiger partial charge in [-0.2, -0.15) is 4.31 Å². The van der Waals surface area contributed by atoms with Gasteiger partial charge >= 0.3 is 0 Å². The molecule has 2 aromatic rings. The van der Waals surface area contributed by atoms with E-state index in [0.717, 1.165) is 4.47 Å². The summed E-state index contributed by atoms with van der Waals surface area (Å²) in [4.78, 5) is 0.0447. The summed E-state index contributed by atoms with van der Waals surface area (Å²) in [5.74, 6) is 0.252. The van der Waals surface area contributed by atoms with Crippen LogP contribution in [0, 0.1) is 0 Å². The van der Waals surface area contributed by atoms with Gasteiger partial charge in [-0.1, -0.05) is 29.8 Å². The molecule has 0 aromatic heterocycles. The van der Waals surface area contributed by atoms with Crippen LogP contribution < -0.4 is 9.46 Å². The van der Waals surface area contributed by atoms with E-state index < -0.39 is 20.0 Å². The summed E-state index contributed by atoms with van der Waals surface area (Å²) in [5, 5.41) is 0. The van der Waals surface area contributed by atoms with Gasteiger partial charge in [0.25, 0.3) is 10.0 Å². The van der Waals surface area contributed by atoms with Crippen molar-refractivity contribution in [2.24, 2.45) is 0 Å². The molecule has 0 fully saturated rings. The summed E-state index contributed by atoms with van der Waals surface area (Å²) >= 11 is 3.26. The third-order valence-electron chi connectivity index (χ3n) is 3.96. The molecular formula is C18H23BrN2O5S2. The predicted octanol–water partition coefficient (Wildman–Crippen LogP) is 3.68. The molecule has 2 aromatic carbocycles. The van der Waals surface area contributed by atoms with Crippen molar-refractivity contribution in [1.29, 1.82) is 0 Å². The lowest BCUT2D eigenvalue weighted by molar-refractivity contribution is 0.341. The highest BCUT2D eigenvalue weighted by Gasteiger charge is 2.24. The summed E-state index contributed by atoms with van der Waals surface area (Å²) in [7, 11) is -7.67. The van der Waals surface area contributed by atoms with Crippen molar-refractivity contribution in [3.05, 3.63) is 46.9 Å². The van der Waals surface area contributed by atoms with Gasteiger partial charge in [0.1, 0.15) is 5.75 Å². The molecule has 2 rings (SSSR count). The molecule has 0 heterocycles. The first-order chi connectivity index (χ1) is 13.2. The molecule has 0 atom stereocenters. The summed E-state index contributed by atoms with van der Waals surface area (Å²) in [5.41, 5.74) is 0.0676. The number of nitrogens with zero attached hydrogens (tertiary/aromatic N) is 1. The van der Waals surface area contributed by atoms with Gasteiger partial charge in [0.2, 0.25) is 10.0 Å². The van der Waals surface area contributed by atoms with Gasteiger partial charge in [-0.15, -0.1) is 0 Å². The Kier molecular flexibility index (Phi) is 7.49. The first-order valence-corrected chi connectivity index (χ1v) is 12.4. The van der Waals surface area contributed by atoms with Crippen molar-refractivity contribution in [3.63, 3.8) is 0 Å². The van der Waals surface area contributed by atoms with Crippen LogP contribution in [0.2, 0.25) is 0 Å². The highest BCUT2D eigenvalue weighted by atomic mass is 79.9. The maximum atomic E-state index is 12.8. The van der Waals surface area contributed by atoms with Crippen LogP contribution >= 0.6 is 15.9 Å². The normalized spacial score (nSPS) is 12.2. The van der Waals surface area contributed by atoms with Crippen molar-refractivity contribution >= 4 is 41.7 Å². The van der Waals surface area contributed by atoms with E-state index in [1.165, 1.54) is 34.6 Å². The van der Waals surface area contributed by atoms with Gasteiger partial charge in [0.15, 0.2) is 0 Å². The number of hydrogen-bond donors (Lipinski definition) is 1. The van der Waals surface area contributed by atoms with E-state index in [1.807, 2.05) is 0 Å². The number of sulfonamides is 2. The first-order valence-electron chi connectivity index (χ1n) is 8.71. The van der Waals surface area contributed by atoms with Gasteiger partial charge in [-0.3, -0.25) is 4.72 Å². The van der Waals surface area contributed by atoms with Gasteiger partial charge in [-0.25, -0.2) is 16.8 Å². The standard InChI is InChI=1S/C18H23BrN2O5S2/c1-4-21(5-2)28(24,25)16-11-12-18(26-6-3)17(13-16)20-27(22,23)15-9-7-14(19)8-10-15/h7-13,20H,4-6H2,1-3H3. The second-order valence-corrected chi connectivity index (χ2v) is 10.3. The van der Waals surface area contributed by atoms with E-state index in [-0.39, 0.29) is 21.2 Å². The number of ether oxygens (including phenoxy) is 1. The van der Waals surface area contributed by atoms with Gasteiger partial charge in [-0.05, 0) is 49.4 Å². The van der Waals surface area contributed by atoms with Gasteiger partial charge in [0, 0.05) is 17.6 Å². The van der Waals surface area contributed by atoms with Crippen LogP contribution in [0.15, 0.2) is 56.7 Å². The van der Waals surface area contributed by atoms with E-state index in [2.05, 4.69) is 20.7 Å². The summed E-state index contributed by atoms with van der Waals surface area (Å²) in [6, 6.07) is 10.3. The second-order valence-electron chi connectivity index (χ2n) is 5.74. The van der Waals surface area contributed by atoms with Crippen LogP contribution in [0.3, 0.4) is 0 Å². The lowest BCUT2D eigenvalue weighted by Crippen LogP contribution is -2.30. The fourth-order valence-corrected chi connectivity index (χ4v) is 5.37. The molecule has 0 aliphatic heterocycles. The maximum absolute atomic E-state index is 12.8. The Balaban J connectivity index is 2.51. The maximum Gasteiger partial charge on any atom is 0.262 e. The average molecular weight is 491 g/mol.